The van der Waals surface area contributed by atoms with E-state index in [9.17, 15) is 45.4 Å². The minimum absolute atomic E-state index is 0.276. The van der Waals surface area contributed by atoms with Gasteiger partial charge in [-0.3, -0.25) is 9.59 Å². The molecule has 0 radical (unpaired) electrons. The Bertz CT molecular complexity index is 894. The summed E-state index contributed by atoms with van der Waals surface area (Å²) in [4.78, 5) is 24.3. The Hall–Kier alpha value is -2.77. The van der Waals surface area contributed by atoms with Crippen molar-refractivity contribution >= 4 is 17.6 Å². The first-order valence-electron chi connectivity index (χ1n) is 9.59. The molecule has 2 aliphatic rings. The van der Waals surface area contributed by atoms with E-state index in [-0.39, 0.29) is 5.69 Å². The zero-order chi connectivity index (χ0) is 24.6. The molecule has 2 N–H and O–H groups in total. The molecule has 2 saturated heterocycles. The number of carboxylic acids is 1. The Morgan fingerprint density at radius 2 is 1.55 bits per heavy atom. The number of rotatable bonds is 9. The molecule has 33 heavy (non-hydrogen) atoms. The Morgan fingerprint density at radius 3 is 2.06 bits per heavy atom. The van der Waals surface area contributed by atoms with Crippen LogP contribution in [-0.2, 0) is 14.3 Å². The van der Waals surface area contributed by atoms with Gasteiger partial charge in [0.1, 0.15) is 11.5 Å². The van der Waals surface area contributed by atoms with Gasteiger partial charge < -0.3 is 24.6 Å². The third kappa shape index (κ3) is 5.97. The van der Waals surface area contributed by atoms with Gasteiger partial charge in [0.15, 0.2) is 13.2 Å². The summed E-state index contributed by atoms with van der Waals surface area (Å²) in [5.41, 5.74) is -0.276. The van der Waals surface area contributed by atoms with Crippen molar-refractivity contribution in [1.29, 1.82) is 0 Å². The zero-order valence-corrected chi connectivity index (χ0v) is 16.6. The first-order chi connectivity index (χ1) is 15.3. The Balaban J connectivity index is 1.80. The molecule has 1 aromatic rings. The van der Waals surface area contributed by atoms with Crippen LogP contribution in [0.4, 0.5) is 36.4 Å². The van der Waals surface area contributed by atoms with Gasteiger partial charge in [0.25, 0.3) is 0 Å². The van der Waals surface area contributed by atoms with Crippen LogP contribution in [0, 0.1) is 11.8 Å². The van der Waals surface area contributed by atoms with Crippen molar-refractivity contribution in [3.05, 3.63) is 18.2 Å². The van der Waals surface area contributed by atoms with Crippen molar-refractivity contribution in [3.8, 4) is 11.5 Å². The first-order valence-corrected chi connectivity index (χ1v) is 9.59. The van der Waals surface area contributed by atoms with Crippen LogP contribution in [0.1, 0.15) is 12.8 Å². The molecule has 2 bridgehead atoms. The smallest absolute Gasteiger partial charge is 0.422 e. The van der Waals surface area contributed by atoms with Gasteiger partial charge in [0.05, 0.1) is 24.0 Å². The topological polar surface area (TPSA) is 94.1 Å². The number of nitrogens with one attached hydrogen (secondary N) is 1. The lowest BCUT2D eigenvalue weighted by Gasteiger charge is -2.24. The fourth-order valence-corrected chi connectivity index (χ4v) is 3.77. The number of hydrogen-bond donors (Lipinski definition) is 2. The molecule has 2 aliphatic heterocycles. The number of halogens is 7. The highest BCUT2D eigenvalue weighted by molar-refractivity contribution is 5.96. The molecular formula is C19H18F7NO6. The highest BCUT2D eigenvalue weighted by Crippen LogP contribution is 2.44. The summed E-state index contributed by atoms with van der Waals surface area (Å²) in [7, 11) is 0. The molecule has 14 heteroatoms. The first kappa shape index (κ1) is 24.9. The van der Waals surface area contributed by atoms with Gasteiger partial charge in [-0.1, -0.05) is 0 Å². The van der Waals surface area contributed by atoms with E-state index in [2.05, 4.69) is 14.8 Å². The number of fused-ring (bicyclic) bond motifs is 2. The number of alkyl halides is 7. The fourth-order valence-electron chi connectivity index (χ4n) is 3.77. The van der Waals surface area contributed by atoms with E-state index in [1.807, 2.05) is 0 Å². The average molecular weight is 489 g/mol. The maximum absolute atomic E-state index is 13.2. The van der Waals surface area contributed by atoms with Crippen molar-refractivity contribution in [2.24, 2.45) is 11.8 Å². The van der Waals surface area contributed by atoms with Gasteiger partial charge in [0.2, 0.25) is 5.91 Å². The minimum Gasteiger partial charge on any atom is -0.487 e. The molecule has 2 fully saturated rings. The summed E-state index contributed by atoms with van der Waals surface area (Å²) in [5.74, 6) is -10.0. The van der Waals surface area contributed by atoms with Crippen molar-refractivity contribution < 1.29 is 59.6 Å². The van der Waals surface area contributed by atoms with Gasteiger partial charge in [-0.05, 0) is 12.8 Å². The van der Waals surface area contributed by atoms with Crippen LogP contribution in [-0.4, -0.2) is 60.9 Å². The number of anilines is 1. The molecule has 3 rings (SSSR count). The summed E-state index contributed by atoms with van der Waals surface area (Å²) in [5, 5.41) is 11.7. The van der Waals surface area contributed by atoms with Crippen molar-refractivity contribution in [2.45, 2.75) is 43.6 Å². The molecule has 0 aromatic heterocycles. The van der Waals surface area contributed by atoms with Crippen LogP contribution in [0.5, 0.6) is 11.5 Å². The van der Waals surface area contributed by atoms with Gasteiger partial charge >= 0.3 is 24.5 Å². The molecule has 2 heterocycles. The number of benzene rings is 1. The standard InChI is InChI=1S/C19H18F7NO6/c20-17(21)18(22,23)6-31-9-3-8(4-10(5-9)32-7-19(24,25)26)27-15(28)13-11-1-2-12(33-11)14(13)16(29)30/h3-5,11-14,17H,1-2,6-7H2,(H,27,28)(H,29,30)/t11-,12+,13+,14-/m1/s1. The number of amides is 1. The van der Waals surface area contributed by atoms with Crippen LogP contribution in [0.25, 0.3) is 0 Å². The normalized spacial score (nSPS) is 24.7. The van der Waals surface area contributed by atoms with Gasteiger partial charge in [-0.15, -0.1) is 0 Å². The van der Waals surface area contributed by atoms with Crippen molar-refractivity contribution in [2.75, 3.05) is 18.5 Å². The van der Waals surface area contributed by atoms with Crippen molar-refractivity contribution in [3.63, 3.8) is 0 Å². The van der Waals surface area contributed by atoms with E-state index >= 15 is 0 Å². The second-order valence-electron chi connectivity index (χ2n) is 7.62. The molecule has 0 saturated carbocycles. The van der Waals surface area contributed by atoms with Crippen LogP contribution < -0.4 is 14.8 Å². The average Bonchev–Trinajstić information content (AvgIpc) is 3.32. The molecule has 1 amide bonds. The van der Waals surface area contributed by atoms with Crippen LogP contribution in [0.3, 0.4) is 0 Å². The summed E-state index contributed by atoms with van der Waals surface area (Å²) in [6.07, 6.45) is -9.27. The maximum atomic E-state index is 13.2. The van der Waals surface area contributed by atoms with Crippen LogP contribution in [0.15, 0.2) is 18.2 Å². The lowest BCUT2D eigenvalue weighted by Crippen LogP contribution is -2.40. The second-order valence-corrected chi connectivity index (χ2v) is 7.62. The van der Waals surface area contributed by atoms with E-state index < -0.39 is 79.2 Å². The molecule has 7 nitrogen and oxygen atoms in total. The molecule has 0 spiro atoms. The highest BCUT2D eigenvalue weighted by Gasteiger charge is 2.55. The molecule has 1 aromatic carbocycles. The van der Waals surface area contributed by atoms with Crippen molar-refractivity contribution in [1.82, 2.24) is 0 Å². The number of carbonyl (C=O) groups is 2. The van der Waals surface area contributed by atoms with E-state index in [4.69, 9.17) is 4.74 Å². The molecule has 4 atom stereocenters. The van der Waals surface area contributed by atoms with Gasteiger partial charge in [0, 0.05) is 23.9 Å². The SMILES string of the molecule is O=C(Nc1cc(OCC(F)(F)F)cc(OCC(F)(F)C(F)F)c1)[C@@H]1[C@H](C(=O)O)[C@@H]2CC[C@H]1O2. The van der Waals surface area contributed by atoms with E-state index in [0.717, 1.165) is 18.2 Å². The Morgan fingerprint density at radius 1 is 1.00 bits per heavy atom. The molecule has 184 valence electrons. The highest BCUT2D eigenvalue weighted by atomic mass is 19.4. The van der Waals surface area contributed by atoms with E-state index in [0.29, 0.717) is 12.8 Å². The predicted molar refractivity (Wildman–Crippen MR) is 95.6 cm³/mol. The summed E-state index contributed by atoms with van der Waals surface area (Å²) < 4.78 is 103. The summed E-state index contributed by atoms with van der Waals surface area (Å²) >= 11 is 0. The van der Waals surface area contributed by atoms with E-state index in [1.165, 1.54) is 0 Å². The third-order valence-corrected chi connectivity index (χ3v) is 5.16. The Labute approximate surface area is 181 Å². The largest absolute Gasteiger partial charge is 0.487 e. The van der Waals surface area contributed by atoms with E-state index in [1.54, 1.807) is 0 Å². The summed E-state index contributed by atoms with van der Waals surface area (Å²) in [6, 6.07) is 2.58. The lowest BCUT2D eigenvalue weighted by molar-refractivity contribution is -0.153. The molecular weight excluding hydrogens is 471 g/mol. The predicted octanol–water partition coefficient (Wildman–Crippen LogP) is 3.72. The fraction of sp³-hybridized carbons (Fsp3) is 0.579. The molecule has 0 unspecified atom stereocenters. The Kier molecular flexibility index (Phi) is 6.96. The lowest BCUT2D eigenvalue weighted by atomic mass is 9.78. The van der Waals surface area contributed by atoms with Crippen LogP contribution >= 0.6 is 0 Å². The number of carbonyl (C=O) groups excluding carboxylic acids is 1. The minimum atomic E-state index is -4.75. The second kappa shape index (κ2) is 9.23. The number of carboxylic acid groups (broad SMARTS) is 1. The summed E-state index contributed by atoms with van der Waals surface area (Å²) in [6.45, 7) is -3.56. The third-order valence-electron chi connectivity index (χ3n) is 5.16. The maximum Gasteiger partial charge on any atom is 0.422 e. The quantitative estimate of drug-likeness (QED) is 0.514. The molecule has 0 aliphatic carbocycles. The van der Waals surface area contributed by atoms with Gasteiger partial charge in [-0.2, -0.15) is 22.0 Å². The number of ether oxygens (including phenoxy) is 3. The number of hydrogen-bond acceptors (Lipinski definition) is 5. The number of aliphatic carboxylic acids is 1. The zero-order valence-electron chi connectivity index (χ0n) is 16.6. The van der Waals surface area contributed by atoms with Gasteiger partial charge in [-0.25, -0.2) is 8.78 Å². The van der Waals surface area contributed by atoms with Crippen LogP contribution in [0.2, 0.25) is 0 Å². The monoisotopic (exact) mass is 489 g/mol.